The number of nitrogens with zero attached hydrogens (tertiary/aromatic N) is 1. The third-order valence-electron chi connectivity index (χ3n) is 1.66. The maximum absolute atomic E-state index is 8.84. The largest absolute Gasteiger partial charge is 0.489 e. The topological polar surface area (TPSA) is 53.2 Å². The van der Waals surface area contributed by atoms with Crippen molar-refractivity contribution in [1.82, 2.24) is 0 Å². The lowest BCUT2D eigenvalue weighted by molar-refractivity contribution is 0.198. The average Bonchev–Trinajstić information content (AvgIpc) is 2.25. The molecule has 14 heavy (non-hydrogen) atoms. The number of benzene rings is 1. The van der Waals surface area contributed by atoms with Crippen LogP contribution in [-0.4, -0.2) is 24.6 Å². The lowest BCUT2D eigenvalue weighted by Gasteiger charge is -2.09. The molecular formula is C10H11NO2S. The number of hydrogen-bond acceptors (Lipinski definition) is 4. The predicted molar refractivity (Wildman–Crippen MR) is 55.5 cm³/mol. The summed E-state index contributed by atoms with van der Waals surface area (Å²) in [4.78, 5) is 0.914. The first kappa shape index (κ1) is 10.9. The van der Waals surface area contributed by atoms with Crippen molar-refractivity contribution in [1.29, 1.82) is 5.26 Å². The number of thioether (sulfide) groups is 1. The Balaban J connectivity index is 3.01. The van der Waals surface area contributed by atoms with E-state index in [0.717, 1.165) is 4.90 Å². The molecule has 0 radical (unpaired) electrons. The Bertz CT molecular complexity index is 346. The third-order valence-corrected chi connectivity index (χ3v) is 2.42. The van der Waals surface area contributed by atoms with Gasteiger partial charge in [-0.1, -0.05) is 6.07 Å². The van der Waals surface area contributed by atoms with Crippen molar-refractivity contribution in [2.24, 2.45) is 0 Å². The van der Waals surface area contributed by atoms with E-state index < -0.39 is 0 Å². The number of para-hydroxylation sites is 1. The van der Waals surface area contributed by atoms with Crippen LogP contribution in [-0.2, 0) is 0 Å². The van der Waals surface area contributed by atoms with E-state index in [1.807, 2.05) is 18.4 Å². The van der Waals surface area contributed by atoms with Crippen LogP contribution in [0.5, 0.6) is 5.75 Å². The normalized spacial score (nSPS) is 9.50. The Kier molecular flexibility index (Phi) is 4.30. The molecule has 0 aromatic heterocycles. The number of rotatable bonds is 4. The fourth-order valence-electron chi connectivity index (χ4n) is 1.06. The quantitative estimate of drug-likeness (QED) is 0.766. The van der Waals surface area contributed by atoms with Crippen molar-refractivity contribution in [3.05, 3.63) is 23.8 Å². The van der Waals surface area contributed by atoms with Crippen LogP contribution in [0.4, 0.5) is 0 Å². The number of nitriles is 1. The first-order chi connectivity index (χ1) is 6.83. The smallest absolute Gasteiger partial charge is 0.150 e. The third kappa shape index (κ3) is 2.41. The summed E-state index contributed by atoms with van der Waals surface area (Å²) >= 11 is 1.52. The van der Waals surface area contributed by atoms with Crippen LogP contribution >= 0.6 is 11.8 Å². The van der Waals surface area contributed by atoms with Gasteiger partial charge in [-0.25, -0.2) is 0 Å². The van der Waals surface area contributed by atoms with Gasteiger partial charge < -0.3 is 9.84 Å². The summed E-state index contributed by atoms with van der Waals surface area (Å²) in [6.07, 6.45) is 1.92. The van der Waals surface area contributed by atoms with E-state index in [4.69, 9.17) is 15.1 Å². The molecule has 0 saturated heterocycles. The summed E-state index contributed by atoms with van der Waals surface area (Å²) in [7, 11) is 0. The monoisotopic (exact) mass is 209 g/mol. The maximum atomic E-state index is 8.84. The molecule has 0 unspecified atom stereocenters. The SMILES string of the molecule is CSc1cccc(C#N)c1OCCO. The molecule has 0 aliphatic carbocycles. The van der Waals surface area contributed by atoms with Crippen LogP contribution in [0, 0.1) is 11.3 Å². The van der Waals surface area contributed by atoms with Gasteiger partial charge in [-0.3, -0.25) is 0 Å². The van der Waals surface area contributed by atoms with Crippen LogP contribution in [0.3, 0.4) is 0 Å². The molecule has 0 heterocycles. The molecule has 3 nitrogen and oxygen atoms in total. The number of aliphatic hydroxyl groups excluding tert-OH is 1. The molecule has 4 heteroatoms. The van der Waals surface area contributed by atoms with Gasteiger partial charge >= 0.3 is 0 Å². The zero-order chi connectivity index (χ0) is 10.4. The highest BCUT2D eigenvalue weighted by molar-refractivity contribution is 7.98. The summed E-state index contributed by atoms with van der Waals surface area (Å²) in [6.45, 7) is 0.167. The molecular weight excluding hydrogens is 198 g/mol. The highest BCUT2D eigenvalue weighted by Crippen LogP contribution is 2.30. The first-order valence-corrected chi connectivity index (χ1v) is 5.36. The van der Waals surface area contributed by atoms with E-state index in [0.29, 0.717) is 11.3 Å². The minimum absolute atomic E-state index is 0.0480. The van der Waals surface area contributed by atoms with Crippen molar-refractivity contribution in [3.63, 3.8) is 0 Å². The molecule has 0 spiro atoms. The standard InChI is InChI=1S/C10H11NO2S/c1-14-9-4-2-3-8(7-11)10(9)13-6-5-12/h2-4,12H,5-6H2,1H3. The molecule has 74 valence electrons. The van der Waals surface area contributed by atoms with E-state index in [9.17, 15) is 0 Å². The second-order valence-electron chi connectivity index (χ2n) is 2.52. The summed E-state index contributed by atoms with van der Waals surface area (Å²) < 4.78 is 5.31. The fraction of sp³-hybridized carbons (Fsp3) is 0.300. The molecule has 1 aromatic rings. The van der Waals surface area contributed by atoms with E-state index in [-0.39, 0.29) is 13.2 Å². The fourth-order valence-corrected chi connectivity index (χ4v) is 1.63. The number of ether oxygens (including phenoxy) is 1. The minimum Gasteiger partial charge on any atom is -0.489 e. The molecule has 1 rings (SSSR count). The van der Waals surface area contributed by atoms with Crippen molar-refractivity contribution in [3.8, 4) is 11.8 Å². The zero-order valence-corrected chi connectivity index (χ0v) is 8.67. The Labute approximate surface area is 87.3 Å². The van der Waals surface area contributed by atoms with Gasteiger partial charge in [0.15, 0.2) is 5.75 Å². The molecule has 1 aromatic carbocycles. The summed E-state index contributed by atoms with van der Waals surface area (Å²) in [5.41, 5.74) is 0.505. The minimum atomic E-state index is -0.0480. The zero-order valence-electron chi connectivity index (χ0n) is 7.86. The van der Waals surface area contributed by atoms with Crippen LogP contribution in [0.15, 0.2) is 23.1 Å². The lowest BCUT2D eigenvalue weighted by Crippen LogP contribution is -2.03. The molecule has 0 bridgehead atoms. The highest BCUT2D eigenvalue weighted by Gasteiger charge is 2.08. The van der Waals surface area contributed by atoms with Crippen molar-refractivity contribution >= 4 is 11.8 Å². The van der Waals surface area contributed by atoms with Gasteiger partial charge in [0, 0.05) is 0 Å². The molecule has 0 amide bonds. The van der Waals surface area contributed by atoms with Gasteiger partial charge in [0.1, 0.15) is 12.7 Å². The summed E-state index contributed by atoms with van der Waals surface area (Å²) in [5.74, 6) is 0.566. The van der Waals surface area contributed by atoms with Crippen LogP contribution in [0.25, 0.3) is 0 Å². The lowest BCUT2D eigenvalue weighted by atomic mass is 10.2. The Morgan fingerprint density at radius 3 is 2.93 bits per heavy atom. The van der Waals surface area contributed by atoms with E-state index in [2.05, 4.69) is 6.07 Å². The number of hydrogen-bond donors (Lipinski definition) is 1. The van der Waals surface area contributed by atoms with Gasteiger partial charge in [0.05, 0.1) is 17.1 Å². The van der Waals surface area contributed by atoms with Gasteiger partial charge in [-0.15, -0.1) is 11.8 Å². The summed E-state index contributed by atoms with van der Waals surface area (Å²) in [6, 6.07) is 7.46. The van der Waals surface area contributed by atoms with Gasteiger partial charge in [0.2, 0.25) is 0 Å². The average molecular weight is 209 g/mol. The van der Waals surface area contributed by atoms with Gasteiger partial charge in [-0.2, -0.15) is 5.26 Å². The molecule has 1 N–H and O–H groups in total. The van der Waals surface area contributed by atoms with Crippen LogP contribution < -0.4 is 4.74 Å². The highest BCUT2D eigenvalue weighted by atomic mass is 32.2. The molecule has 0 atom stereocenters. The first-order valence-electron chi connectivity index (χ1n) is 4.14. The second-order valence-corrected chi connectivity index (χ2v) is 3.37. The van der Waals surface area contributed by atoms with Gasteiger partial charge in [-0.05, 0) is 18.4 Å². The summed E-state index contributed by atoms with van der Waals surface area (Å²) in [5, 5.41) is 17.5. The van der Waals surface area contributed by atoms with Crippen molar-refractivity contribution in [2.45, 2.75) is 4.90 Å². The molecule has 0 fully saturated rings. The van der Waals surface area contributed by atoms with Crippen LogP contribution in [0.1, 0.15) is 5.56 Å². The van der Waals surface area contributed by atoms with Crippen LogP contribution in [0.2, 0.25) is 0 Å². The maximum Gasteiger partial charge on any atom is 0.150 e. The van der Waals surface area contributed by atoms with Crippen molar-refractivity contribution in [2.75, 3.05) is 19.5 Å². The Morgan fingerprint density at radius 1 is 1.57 bits per heavy atom. The van der Waals surface area contributed by atoms with E-state index >= 15 is 0 Å². The Hall–Kier alpha value is -1.18. The molecule has 0 saturated carbocycles. The Morgan fingerprint density at radius 2 is 2.36 bits per heavy atom. The molecule has 0 aliphatic heterocycles. The van der Waals surface area contributed by atoms with Crippen molar-refractivity contribution < 1.29 is 9.84 Å². The number of aliphatic hydroxyl groups is 1. The van der Waals surface area contributed by atoms with E-state index in [1.54, 1.807) is 6.07 Å². The van der Waals surface area contributed by atoms with E-state index in [1.165, 1.54) is 11.8 Å². The second kappa shape index (κ2) is 5.53. The predicted octanol–water partition coefficient (Wildman–Crippen LogP) is 1.65. The van der Waals surface area contributed by atoms with Gasteiger partial charge in [0.25, 0.3) is 0 Å². The molecule has 0 aliphatic rings.